The number of hydrogen-bond acceptors (Lipinski definition) is 6. The molecular formula is C26H41N3O5S. The molecule has 1 aromatic rings. The first-order chi connectivity index (χ1) is 16.4. The van der Waals surface area contributed by atoms with Crippen LogP contribution in [0.15, 0.2) is 36.9 Å². The van der Waals surface area contributed by atoms with E-state index in [-0.39, 0.29) is 24.2 Å². The smallest absolute Gasteiger partial charge is 0.408 e. The van der Waals surface area contributed by atoms with Crippen LogP contribution >= 0.6 is 11.8 Å². The summed E-state index contributed by atoms with van der Waals surface area (Å²) in [6.07, 6.45) is 4.82. The molecule has 3 unspecified atom stereocenters. The average Bonchev–Trinajstić information content (AvgIpc) is 2.76. The van der Waals surface area contributed by atoms with Gasteiger partial charge in [0.15, 0.2) is 0 Å². The molecule has 0 bridgehead atoms. The van der Waals surface area contributed by atoms with Gasteiger partial charge in [0.05, 0.1) is 0 Å². The van der Waals surface area contributed by atoms with Crippen molar-refractivity contribution in [2.45, 2.75) is 77.6 Å². The van der Waals surface area contributed by atoms with Crippen LogP contribution in [0.3, 0.4) is 0 Å². The molecule has 0 aromatic heterocycles. The van der Waals surface area contributed by atoms with Gasteiger partial charge in [-0.15, -0.1) is 6.58 Å². The van der Waals surface area contributed by atoms with Crippen LogP contribution in [0.4, 0.5) is 4.79 Å². The Morgan fingerprint density at radius 1 is 1.17 bits per heavy atom. The molecule has 3 amide bonds. The summed E-state index contributed by atoms with van der Waals surface area (Å²) in [4.78, 5) is 41.2. The fraction of sp³-hybridized carbons (Fsp3) is 0.577. The highest BCUT2D eigenvalue weighted by Gasteiger charge is 2.36. The number of alkyl carbamates (subject to hydrolysis) is 1. The predicted octanol–water partition coefficient (Wildman–Crippen LogP) is 4.40. The Morgan fingerprint density at radius 2 is 1.80 bits per heavy atom. The molecule has 1 rings (SSSR count). The summed E-state index contributed by atoms with van der Waals surface area (Å²) in [6.45, 7) is 13.1. The molecule has 0 aliphatic rings. The van der Waals surface area contributed by atoms with Gasteiger partial charge in [-0.3, -0.25) is 9.59 Å². The maximum absolute atomic E-state index is 13.8. The van der Waals surface area contributed by atoms with Crippen LogP contribution in [-0.2, 0) is 14.3 Å². The third-order valence-corrected chi connectivity index (χ3v) is 5.73. The Labute approximate surface area is 213 Å². The number of benzene rings is 1. The zero-order valence-corrected chi connectivity index (χ0v) is 22.6. The molecule has 3 atom stereocenters. The van der Waals surface area contributed by atoms with Gasteiger partial charge in [-0.05, 0) is 70.2 Å². The van der Waals surface area contributed by atoms with Gasteiger partial charge in [0.25, 0.3) is 0 Å². The minimum atomic E-state index is -0.974. The van der Waals surface area contributed by atoms with Crippen LogP contribution in [-0.4, -0.2) is 64.2 Å². The maximum atomic E-state index is 13.8. The van der Waals surface area contributed by atoms with Gasteiger partial charge >= 0.3 is 6.09 Å². The van der Waals surface area contributed by atoms with Crippen LogP contribution in [0.25, 0.3) is 0 Å². The van der Waals surface area contributed by atoms with Crippen molar-refractivity contribution >= 4 is 29.7 Å². The fourth-order valence-electron chi connectivity index (χ4n) is 3.56. The number of ether oxygens (including phenoxy) is 1. The molecule has 0 saturated carbocycles. The summed E-state index contributed by atoms with van der Waals surface area (Å²) in [5.74, 6) is -0.0789. The summed E-state index contributed by atoms with van der Waals surface area (Å²) in [5.41, 5.74) is -0.179. The molecule has 196 valence electrons. The molecule has 0 heterocycles. The number of nitrogens with zero attached hydrogens (tertiary/aromatic N) is 1. The highest BCUT2D eigenvalue weighted by atomic mass is 32.2. The number of aromatic hydroxyl groups is 1. The van der Waals surface area contributed by atoms with E-state index in [1.807, 2.05) is 20.1 Å². The summed E-state index contributed by atoms with van der Waals surface area (Å²) >= 11 is 1.55. The largest absolute Gasteiger partial charge is 0.508 e. The van der Waals surface area contributed by atoms with E-state index in [9.17, 15) is 19.5 Å². The lowest BCUT2D eigenvalue weighted by Crippen LogP contribution is -2.53. The van der Waals surface area contributed by atoms with Gasteiger partial charge in [0.2, 0.25) is 11.8 Å². The second-order valence-electron chi connectivity index (χ2n) is 9.45. The van der Waals surface area contributed by atoms with E-state index in [1.165, 1.54) is 17.0 Å². The van der Waals surface area contributed by atoms with Gasteiger partial charge in [-0.1, -0.05) is 31.6 Å². The van der Waals surface area contributed by atoms with Crippen LogP contribution < -0.4 is 10.6 Å². The number of rotatable bonds is 13. The van der Waals surface area contributed by atoms with Crippen molar-refractivity contribution in [1.29, 1.82) is 0 Å². The molecule has 0 fully saturated rings. The number of phenols is 1. The average molecular weight is 508 g/mol. The molecule has 0 radical (unpaired) electrons. The molecule has 35 heavy (non-hydrogen) atoms. The quantitative estimate of drug-likeness (QED) is 0.342. The first-order valence-corrected chi connectivity index (χ1v) is 13.3. The molecule has 8 nitrogen and oxygen atoms in total. The van der Waals surface area contributed by atoms with Crippen molar-refractivity contribution in [2.75, 3.05) is 18.6 Å². The first kappa shape index (κ1) is 30.4. The standard InChI is InChI=1S/C26H41N3O5S/c1-8-10-18(3)27-23(31)22(19-11-13-20(30)14-12-19)29(16-9-2)24(32)21(15-17-35-7)28-25(33)34-26(4,5)6/h9,11-14,18,21-22,30H,2,8,10,15-17H2,1,3-7H3,(H,27,31)(H,28,33). The third-order valence-electron chi connectivity index (χ3n) is 5.09. The summed E-state index contributed by atoms with van der Waals surface area (Å²) in [5, 5.41) is 15.4. The first-order valence-electron chi connectivity index (χ1n) is 11.9. The van der Waals surface area contributed by atoms with Crippen molar-refractivity contribution in [3.05, 3.63) is 42.5 Å². The number of carbonyl (C=O) groups is 3. The Bertz CT molecular complexity index is 838. The van der Waals surface area contributed by atoms with Crippen molar-refractivity contribution in [1.82, 2.24) is 15.5 Å². The molecule has 1 aromatic carbocycles. The topological polar surface area (TPSA) is 108 Å². The van der Waals surface area contributed by atoms with Crippen molar-refractivity contribution in [3.63, 3.8) is 0 Å². The highest BCUT2D eigenvalue weighted by molar-refractivity contribution is 7.98. The lowest BCUT2D eigenvalue weighted by molar-refractivity contribution is -0.142. The molecular weight excluding hydrogens is 466 g/mol. The van der Waals surface area contributed by atoms with E-state index >= 15 is 0 Å². The predicted molar refractivity (Wildman–Crippen MR) is 141 cm³/mol. The number of hydrogen-bond donors (Lipinski definition) is 3. The zero-order chi connectivity index (χ0) is 26.6. The zero-order valence-electron chi connectivity index (χ0n) is 21.8. The monoisotopic (exact) mass is 507 g/mol. The Hall–Kier alpha value is -2.68. The van der Waals surface area contributed by atoms with Gasteiger partial charge in [0.1, 0.15) is 23.4 Å². The number of nitrogens with one attached hydrogen (secondary N) is 2. The highest BCUT2D eigenvalue weighted by Crippen LogP contribution is 2.25. The van der Waals surface area contributed by atoms with Crippen molar-refractivity contribution in [2.24, 2.45) is 0 Å². The molecule has 3 N–H and O–H groups in total. The number of carbonyl (C=O) groups excluding carboxylic acids is 3. The van der Waals surface area contributed by atoms with Crippen LogP contribution in [0.2, 0.25) is 0 Å². The summed E-state index contributed by atoms with van der Waals surface area (Å²) in [6, 6.07) is 4.24. The molecule has 0 aliphatic heterocycles. The Morgan fingerprint density at radius 3 is 2.31 bits per heavy atom. The van der Waals surface area contributed by atoms with E-state index in [2.05, 4.69) is 17.2 Å². The van der Waals surface area contributed by atoms with E-state index < -0.39 is 29.7 Å². The summed E-state index contributed by atoms with van der Waals surface area (Å²) in [7, 11) is 0. The Kier molecular flexibility index (Phi) is 12.7. The fourth-order valence-corrected chi connectivity index (χ4v) is 4.03. The molecule has 0 aliphatic carbocycles. The summed E-state index contributed by atoms with van der Waals surface area (Å²) < 4.78 is 5.37. The van der Waals surface area contributed by atoms with Gasteiger partial charge in [-0.25, -0.2) is 4.79 Å². The number of phenolic OH excluding ortho intramolecular Hbond substituents is 1. The van der Waals surface area contributed by atoms with E-state index in [0.717, 1.165) is 12.8 Å². The van der Waals surface area contributed by atoms with Gasteiger partial charge < -0.3 is 25.4 Å². The SMILES string of the molecule is C=CCN(C(=O)C(CCSC)NC(=O)OC(C)(C)C)C(C(=O)NC(C)CCC)c1ccc(O)cc1. The molecule has 0 saturated heterocycles. The molecule has 0 spiro atoms. The van der Waals surface area contributed by atoms with Gasteiger partial charge in [-0.2, -0.15) is 11.8 Å². The third kappa shape index (κ3) is 10.6. The minimum Gasteiger partial charge on any atom is -0.508 e. The van der Waals surface area contributed by atoms with E-state index in [0.29, 0.717) is 17.7 Å². The normalized spacial score (nSPS) is 13.8. The Balaban J connectivity index is 3.38. The van der Waals surface area contributed by atoms with Crippen molar-refractivity contribution in [3.8, 4) is 5.75 Å². The van der Waals surface area contributed by atoms with Crippen LogP contribution in [0.1, 0.15) is 65.5 Å². The molecule has 9 heteroatoms. The van der Waals surface area contributed by atoms with Crippen LogP contribution in [0.5, 0.6) is 5.75 Å². The number of amides is 3. The van der Waals surface area contributed by atoms with Crippen LogP contribution in [0, 0.1) is 0 Å². The van der Waals surface area contributed by atoms with E-state index in [4.69, 9.17) is 4.74 Å². The number of thioether (sulfide) groups is 1. The van der Waals surface area contributed by atoms with Gasteiger partial charge in [0, 0.05) is 12.6 Å². The second-order valence-corrected chi connectivity index (χ2v) is 10.4. The van der Waals surface area contributed by atoms with E-state index in [1.54, 1.807) is 50.7 Å². The maximum Gasteiger partial charge on any atom is 0.408 e. The van der Waals surface area contributed by atoms with Crippen molar-refractivity contribution < 1.29 is 24.2 Å². The second kappa shape index (κ2) is 14.7. The minimum absolute atomic E-state index is 0.0540. The lowest BCUT2D eigenvalue weighted by Gasteiger charge is -2.34. The lowest BCUT2D eigenvalue weighted by atomic mass is 10.0.